The van der Waals surface area contributed by atoms with E-state index in [2.05, 4.69) is 34.1 Å². The summed E-state index contributed by atoms with van der Waals surface area (Å²) < 4.78 is 39.2. The van der Waals surface area contributed by atoms with Crippen molar-refractivity contribution < 1.29 is 13.2 Å². The Balaban J connectivity index is 1.25. The van der Waals surface area contributed by atoms with Gasteiger partial charge in [0.2, 0.25) is 0 Å². The molecule has 1 aliphatic heterocycles. The van der Waals surface area contributed by atoms with Crippen LogP contribution in [0.2, 0.25) is 0 Å². The molecule has 5 rings (SSSR count). The lowest BCUT2D eigenvalue weighted by Crippen LogP contribution is -2.47. The van der Waals surface area contributed by atoms with E-state index in [-0.39, 0.29) is 4.90 Å². The highest BCUT2D eigenvalue weighted by molar-refractivity contribution is 7.92. The topological polar surface area (TPSA) is 66.0 Å². The number of hydrogen-bond acceptors (Lipinski definition) is 7. The third-order valence-corrected chi connectivity index (χ3v) is 9.34. The Hall–Kier alpha value is -3.14. The highest BCUT2D eigenvalue weighted by atomic mass is 32.2. The molecule has 7 nitrogen and oxygen atoms in total. The van der Waals surface area contributed by atoms with E-state index in [1.54, 1.807) is 42.8 Å². The number of para-hydroxylation sites is 1. The molecule has 0 amide bonds. The van der Waals surface area contributed by atoms with Crippen LogP contribution < -0.4 is 13.9 Å². The maximum atomic E-state index is 13.4. The van der Waals surface area contributed by atoms with Gasteiger partial charge in [-0.1, -0.05) is 36.4 Å². The molecule has 0 aliphatic carbocycles. The zero-order chi connectivity index (χ0) is 25.1. The lowest BCUT2D eigenvalue weighted by Gasteiger charge is -2.35. The first-order chi connectivity index (χ1) is 17.5. The fraction of sp³-hybridized carbons (Fsp3) is 0.296. The van der Waals surface area contributed by atoms with Crippen LogP contribution in [0.3, 0.4) is 0 Å². The van der Waals surface area contributed by atoms with E-state index >= 15 is 0 Å². The van der Waals surface area contributed by atoms with Gasteiger partial charge in [0.05, 0.1) is 22.4 Å². The van der Waals surface area contributed by atoms with Gasteiger partial charge in [0.1, 0.15) is 11.6 Å². The van der Waals surface area contributed by atoms with Crippen molar-refractivity contribution in [2.24, 2.45) is 0 Å². The maximum absolute atomic E-state index is 13.4. The Kier molecular flexibility index (Phi) is 7.13. The second kappa shape index (κ2) is 10.5. The zero-order valence-corrected chi connectivity index (χ0v) is 22.1. The number of benzene rings is 3. The first-order valence-electron chi connectivity index (χ1n) is 12.0. The smallest absolute Gasteiger partial charge is 0.264 e. The molecule has 188 valence electrons. The molecule has 2 heterocycles. The van der Waals surface area contributed by atoms with E-state index in [9.17, 15) is 8.42 Å². The largest absolute Gasteiger partial charge is 0.497 e. The second-order valence-corrected chi connectivity index (χ2v) is 11.6. The van der Waals surface area contributed by atoms with Crippen LogP contribution in [0, 0.1) is 0 Å². The molecule has 0 atom stereocenters. The first kappa shape index (κ1) is 24.5. The SMILES string of the molecule is COc1cccc(S(=O)(=O)N(C)c2ccccc2CCN2CCN(c3nsc4ccccc34)CC2)c1. The van der Waals surface area contributed by atoms with Gasteiger partial charge in [-0.2, -0.15) is 4.37 Å². The monoisotopic (exact) mass is 522 g/mol. The molecule has 1 aliphatic rings. The molecule has 1 aromatic heterocycles. The summed E-state index contributed by atoms with van der Waals surface area (Å²) in [6.07, 6.45) is 0.772. The van der Waals surface area contributed by atoms with Crippen LogP contribution >= 0.6 is 11.5 Å². The number of ether oxygens (including phenoxy) is 1. The summed E-state index contributed by atoms with van der Waals surface area (Å²) in [5.41, 5.74) is 1.72. The van der Waals surface area contributed by atoms with Crippen LogP contribution in [0.25, 0.3) is 10.1 Å². The molecule has 0 radical (unpaired) electrons. The van der Waals surface area contributed by atoms with Crippen LogP contribution in [0.15, 0.2) is 77.7 Å². The van der Waals surface area contributed by atoms with Gasteiger partial charge in [0, 0.05) is 51.2 Å². The summed E-state index contributed by atoms with van der Waals surface area (Å²) in [7, 11) is -0.567. The molecule has 1 fully saturated rings. The molecule has 0 spiro atoms. The van der Waals surface area contributed by atoms with E-state index in [0.29, 0.717) is 11.4 Å². The summed E-state index contributed by atoms with van der Waals surface area (Å²) in [4.78, 5) is 5.03. The van der Waals surface area contributed by atoms with E-state index in [1.165, 1.54) is 21.5 Å². The molecule has 36 heavy (non-hydrogen) atoms. The Morgan fingerprint density at radius 3 is 2.53 bits per heavy atom. The van der Waals surface area contributed by atoms with Crippen molar-refractivity contribution in [2.45, 2.75) is 11.3 Å². The molecule has 9 heteroatoms. The molecular weight excluding hydrogens is 492 g/mol. The van der Waals surface area contributed by atoms with Crippen molar-refractivity contribution >= 4 is 43.1 Å². The average Bonchev–Trinajstić information content (AvgIpc) is 3.36. The van der Waals surface area contributed by atoms with E-state index in [1.807, 2.05) is 24.3 Å². The van der Waals surface area contributed by atoms with Crippen molar-refractivity contribution in [1.82, 2.24) is 9.27 Å². The van der Waals surface area contributed by atoms with Gasteiger partial charge in [-0.05, 0) is 53.8 Å². The predicted octanol–water partition coefficient (Wildman–Crippen LogP) is 4.49. The predicted molar refractivity (Wildman–Crippen MR) is 147 cm³/mol. The number of anilines is 2. The van der Waals surface area contributed by atoms with Crippen LogP contribution in [0.5, 0.6) is 5.75 Å². The molecule has 0 bridgehead atoms. The quantitative estimate of drug-likeness (QED) is 0.340. The molecule has 0 N–H and O–H groups in total. The number of fused-ring (bicyclic) bond motifs is 1. The second-order valence-electron chi connectivity index (χ2n) is 8.86. The fourth-order valence-corrected chi connectivity index (χ4v) is 6.71. The van der Waals surface area contributed by atoms with E-state index in [0.717, 1.165) is 50.5 Å². The Labute approximate surface area is 216 Å². The van der Waals surface area contributed by atoms with Crippen LogP contribution in [-0.4, -0.2) is 64.6 Å². The molecule has 3 aromatic carbocycles. The Morgan fingerprint density at radius 2 is 1.72 bits per heavy atom. The fourth-order valence-electron chi connectivity index (χ4n) is 4.64. The van der Waals surface area contributed by atoms with Crippen LogP contribution in [0.4, 0.5) is 11.5 Å². The lowest BCUT2D eigenvalue weighted by atomic mass is 10.1. The normalized spacial score (nSPS) is 14.8. The van der Waals surface area contributed by atoms with Gasteiger partial charge in [-0.15, -0.1) is 0 Å². The minimum Gasteiger partial charge on any atom is -0.497 e. The third-order valence-electron chi connectivity index (χ3n) is 6.76. The Morgan fingerprint density at radius 1 is 0.972 bits per heavy atom. The highest BCUT2D eigenvalue weighted by Gasteiger charge is 2.25. The Bertz CT molecular complexity index is 1450. The number of rotatable bonds is 8. The summed E-state index contributed by atoms with van der Waals surface area (Å²) in [5.74, 6) is 1.60. The number of piperazine rings is 1. The summed E-state index contributed by atoms with van der Waals surface area (Å²) >= 11 is 1.56. The third kappa shape index (κ3) is 4.91. The highest BCUT2D eigenvalue weighted by Crippen LogP contribution is 2.30. The van der Waals surface area contributed by atoms with Gasteiger partial charge in [-0.3, -0.25) is 9.21 Å². The van der Waals surface area contributed by atoms with Crippen LogP contribution in [-0.2, 0) is 16.4 Å². The number of methoxy groups -OCH3 is 1. The molecule has 0 unspecified atom stereocenters. The number of nitrogens with zero attached hydrogens (tertiary/aromatic N) is 4. The summed E-state index contributed by atoms with van der Waals surface area (Å²) in [5, 5.41) is 1.23. The first-order valence-corrected chi connectivity index (χ1v) is 14.2. The van der Waals surface area contributed by atoms with Crippen molar-refractivity contribution in [2.75, 3.05) is 56.1 Å². The average molecular weight is 523 g/mol. The summed E-state index contributed by atoms with van der Waals surface area (Å²) in [6.45, 7) is 4.63. The van der Waals surface area contributed by atoms with Gasteiger partial charge >= 0.3 is 0 Å². The molecular formula is C27H30N4O3S2. The maximum Gasteiger partial charge on any atom is 0.264 e. The van der Waals surface area contributed by atoms with E-state index < -0.39 is 10.0 Å². The van der Waals surface area contributed by atoms with Gasteiger partial charge in [-0.25, -0.2) is 8.42 Å². The molecule has 0 saturated carbocycles. The number of aromatic nitrogens is 1. The lowest BCUT2D eigenvalue weighted by molar-refractivity contribution is 0.261. The van der Waals surface area contributed by atoms with Gasteiger partial charge < -0.3 is 9.64 Å². The van der Waals surface area contributed by atoms with Gasteiger partial charge in [0.15, 0.2) is 0 Å². The number of sulfonamides is 1. The van der Waals surface area contributed by atoms with Crippen molar-refractivity contribution in [3.63, 3.8) is 0 Å². The van der Waals surface area contributed by atoms with E-state index in [4.69, 9.17) is 9.11 Å². The van der Waals surface area contributed by atoms with Crippen molar-refractivity contribution in [3.8, 4) is 5.75 Å². The standard InChI is InChI=1S/C27H30N4O3S2/c1-29(36(32,33)23-10-7-9-22(20-23)34-2)25-12-5-3-8-21(25)14-15-30-16-18-31(19-17-30)27-24-11-4-6-13-26(24)35-28-27/h3-13,20H,14-19H2,1-2H3. The summed E-state index contributed by atoms with van der Waals surface area (Å²) in [6, 6.07) is 22.7. The minimum atomic E-state index is -3.71. The zero-order valence-electron chi connectivity index (χ0n) is 20.5. The van der Waals surface area contributed by atoms with Gasteiger partial charge in [0.25, 0.3) is 10.0 Å². The number of hydrogen-bond donors (Lipinski definition) is 0. The van der Waals surface area contributed by atoms with Crippen LogP contribution in [0.1, 0.15) is 5.56 Å². The van der Waals surface area contributed by atoms with Crippen molar-refractivity contribution in [1.29, 1.82) is 0 Å². The molecule has 1 saturated heterocycles. The van der Waals surface area contributed by atoms with Crippen molar-refractivity contribution in [3.05, 3.63) is 78.4 Å². The molecule has 4 aromatic rings. The minimum absolute atomic E-state index is 0.213.